The number of fused-ring (bicyclic) bond motifs is 3. The third-order valence-electron chi connectivity index (χ3n) is 6.50. The van der Waals surface area contributed by atoms with Gasteiger partial charge in [0.2, 0.25) is 5.91 Å². The van der Waals surface area contributed by atoms with Crippen LogP contribution in [0.3, 0.4) is 0 Å². The number of pyridine rings is 1. The monoisotopic (exact) mass is 591 g/mol. The fraction of sp³-hybridized carbons (Fsp3) is 0.565. The highest BCUT2D eigenvalue weighted by atomic mass is 28.1. The number of alkyl halides is 6. The largest absolute Gasteiger partial charge is 0.487 e. The Hall–Kier alpha value is -3.34. The number of piperazine rings is 1. The van der Waals surface area contributed by atoms with Gasteiger partial charge in [-0.2, -0.15) is 31.4 Å². The van der Waals surface area contributed by atoms with Crippen LogP contribution in [0.15, 0.2) is 17.2 Å². The maximum Gasteiger partial charge on any atom is 0.423 e. The zero-order valence-electron chi connectivity index (χ0n) is 21.4. The van der Waals surface area contributed by atoms with E-state index in [2.05, 4.69) is 25.6 Å². The quantitative estimate of drug-likeness (QED) is 0.287. The summed E-state index contributed by atoms with van der Waals surface area (Å²) in [6.45, 7) is 3.64. The van der Waals surface area contributed by atoms with E-state index in [0.717, 1.165) is 12.4 Å². The molecule has 4 heterocycles. The number of hydrogen-bond donors (Lipinski definition) is 2. The van der Waals surface area contributed by atoms with E-state index < -0.39 is 39.9 Å². The number of aromatic nitrogens is 3. The molecule has 1 amide bonds. The predicted molar refractivity (Wildman–Crippen MR) is 130 cm³/mol. The first-order valence-corrected chi connectivity index (χ1v) is 12.6. The van der Waals surface area contributed by atoms with Crippen molar-refractivity contribution in [1.29, 1.82) is 0 Å². The van der Waals surface area contributed by atoms with Gasteiger partial charge in [-0.1, -0.05) is 0 Å². The lowest BCUT2D eigenvalue weighted by molar-refractivity contribution is -0.139. The number of nitrogens with zero attached hydrogens (tertiary/aromatic N) is 4. The van der Waals surface area contributed by atoms with E-state index in [1.807, 2.05) is 4.90 Å². The van der Waals surface area contributed by atoms with Crippen molar-refractivity contribution in [2.24, 2.45) is 0 Å². The molecule has 0 bridgehead atoms. The van der Waals surface area contributed by atoms with Gasteiger partial charge in [0.25, 0.3) is 5.56 Å². The summed E-state index contributed by atoms with van der Waals surface area (Å²) >= 11 is 0. The minimum atomic E-state index is -4.91. The molecule has 2 aromatic rings. The maximum absolute atomic E-state index is 13.3. The zero-order valence-corrected chi connectivity index (χ0v) is 22.4. The Labute approximate surface area is 227 Å². The van der Waals surface area contributed by atoms with E-state index >= 15 is 0 Å². The maximum atomic E-state index is 13.3. The van der Waals surface area contributed by atoms with Gasteiger partial charge in [-0.25, -0.2) is 10.1 Å². The van der Waals surface area contributed by atoms with Crippen molar-refractivity contribution in [2.45, 2.75) is 43.8 Å². The van der Waals surface area contributed by atoms with Gasteiger partial charge in [-0.05, 0) is 13.8 Å². The van der Waals surface area contributed by atoms with Crippen LogP contribution in [0.2, 0.25) is 0 Å². The van der Waals surface area contributed by atoms with Crippen molar-refractivity contribution in [2.75, 3.05) is 49.7 Å². The van der Waals surface area contributed by atoms with E-state index in [0.29, 0.717) is 18.9 Å². The Kier molecular flexibility index (Phi) is 8.08. The number of anilines is 2. The topological polar surface area (TPSA) is 113 Å². The number of aromatic amines is 1. The molecule has 0 spiro atoms. The third-order valence-corrected chi connectivity index (χ3v) is 6.77. The second kappa shape index (κ2) is 10.9. The molecule has 2 N–H and O–H groups in total. The number of amides is 1. The average molecular weight is 592 g/mol. The second-order valence-corrected chi connectivity index (χ2v) is 10.8. The van der Waals surface area contributed by atoms with Gasteiger partial charge in [0.1, 0.15) is 12.2 Å². The normalized spacial score (nSPS) is 18.9. The number of nitrogens with one attached hydrogen (secondary N) is 2. The van der Waals surface area contributed by atoms with E-state index in [1.165, 1.54) is 13.8 Å². The summed E-state index contributed by atoms with van der Waals surface area (Å²) in [7, 11) is 3.29. The lowest BCUT2D eigenvalue weighted by atomic mass is 10.1. The number of ether oxygens (including phenoxy) is 2. The van der Waals surface area contributed by atoms with Crippen LogP contribution < -0.4 is 20.5 Å². The van der Waals surface area contributed by atoms with Gasteiger partial charge in [0, 0.05) is 36.6 Å². The molecule has 1 saturated heterocycles. The van der Waals surface area contributed by atoms with Crippen molar-refractivity contribution in [3.8, 4) is 5.75 Å². The van der Waals surface area contributed by atoms with Gasteiger partial charge in [0.15, 0.2) is 11.6 Å². The van der Waals surface area contributed by atoms with Crippen LogP contribution in [0, 0.1) is 6.92 Å². The minimum Gasteiger partial charge on any atom is -0.487 e. The van der Waals surface area contributed by atoms with Gasteiger partial charge >= 0.3 is 12.4 Å². The van der Waals surface area contributed by atoms with E-state index in [4.69, 9.17) is 9.47 Å². The minimum absolute atomic E-state index is 0.0148. The fourth-order valence-corrected chi connectivity index (χ4v) is 4.86. The molecule has 17 heteroatoms. The van der Waals surface area contributed by atoms with Crippen molar-refractivity contribution in [3.63, 3.8) is 0 Å². The molecular formula is C23H25F6N6O4Si. The first-order chi connectivity index (χ1) is 18.6. The molecule has 217 valence electrons. The summed E-state index contributed by atoms with van der Waals surface area (Å²) in [6, 6.07) is -0.296. The van der Waals surface area contributed by atoms with Crippen molar-refractivity contribution in [3.05, 3.63) is 39.4 Å². The molecule has 0 aliphatic carbocycles. The second-order valence-electron chi connectivity index (χ2n) is 9.69. The summed E-state index contributed by atoms with van der Waals surface area (Å²) in [6.07, 6.45) is -7.85. The Balaban J connectivity index is 1.29. The van der Waals surface area contributed by atoms with E-state index in [-0.39, 0.29) is 56.0 Å². The lowest BCUT2D eigenvalue weighted by Gasteiger charge is -2.45. The fourth-order valence-electron chi connectivity index (χ4n) is 4.62. The van der Waals surface area contributed by atoms with Crippen molar-refractivity contribution in [1.82, 2.24) is 20.1 Å². The molecule has 2 aliphatic rings. The summed E-state index contributed by atoms with van der Waals surface area (Å²) in [5.41, 5.74) is -4.26. The first kappa shape index (κ1) is 29.6. The van der Waals surface area contributed by atoms with Gasteiger partial charge in [-0.15, -0.1) is 0 Å². The number of carbonyl (C=O) groups excluding carboxylic acids is 1. The van der Waals surface area contributed by atoms with Crippen LogP contribution in [0.1, 0.15) is 30.0 Å². The molecule has 0 saturated carbocycles. The van der Waals surface area contributed by atoms with E-state index in [9.17, 15) is 35.9 Å². The number of H-pyrrole nitrogens is 1. The van der Waals surface area contributed by atoms with Crippen LogP contribution in [0.4, 0.5) is 37.8 Å². The molecule has 4 rings (SSSR count). The highest BCUT2D eigenvalue weighted by Crippen LogP contribution is 2.42. The highest BCUT2D eigenvalue weighted by molar-refractivity contribution is 6.16. The Morgan fingerprint density at radius 1 is 1.23 bits per heavy atom. The molecule has 2 aliphatic heterocycles. The molecule has 2 atom stereocenters. The average Bonchev–Trinajstić information content (AvgIpc) is 2.84. The first-order valence-electron chi connectivity index (χ1n) is 12.1. The molecule has 10 nitrogen and oxygen atoms in total. The molecule has 3 radical (unpaired) electrons. The van der Waals surface area contributed by atoms with Crippen LogP contribution in [-0.4, -0.2) is 86.9 Å². The molecule has 1 fully saturated rings. The Morgan fingerprint density at radius 3 is 2.62 bits per heavy atom. The zero-order chi connectivity index (χ0) is 29.5. The number of rotatable bonds is 7. The SMILES string of the molecule is Cc1c(C(F)(F)F)cnc2c1OC[C@H]1CN(C(=O)CCOC[C@](C)([Si])Nc3cn[nH]c(=O)c3C(F)(F)F)CCN21. The lowest BCUT2D eigenvalue weighted by Crippen LogP contribution is -2.58. The highest BCUT2D eigenvalue weighted by Gasteiger charge is 2.41. The van der Waals surface area contributed by atoms with Crippen LogP contribution in [0.5, 0.6) is 5.75 Å². The van der Waals surface area contributed by atoms with Gasteiger partial charge in [-0.3, -0.25) is 9.59 Å². The summed E-state index contributed by atoms with van der Waals surface area (Å²) in [5.74, 6) is 0.165. The van der Waals surface area contributed by atoms with E-state index in [1.54, 1.807) is 10.00 Å². The molecule has 40 heavy (non-hydrogen) atoms. The van der Waals surface area contributed by atoms with Crippen molar-refractivity contribution < 1.29 is 40.6 Å². The summed E-state index contributed by atoms with van der Waals surface area (Å²) in [5, 5.41) is 6.47. The number of carbonyl (C=O) groups is 1. The Bertz CT molecular complexity index is 1320. The third kappa shape index (κ3) is 6.35. The number of hydrogen-bond acceptors (Lipinski definition) is 8. The van der Waals surface area contributed by atoms with Crippen molar-refractivity contribution >= 4 is 27.7 Å². The standard InChI is InChI=1S/C23H25F6N6O4Si/c1-12-14(22(24,25)26)7-30-19-18(12)39-10-13-9-34(4-5-35(13)19)16(36)3-6-38-11-21(2,40)32-15-8-31-33-20(37)17(15)23(27,28)29/h7-8,13H,3-6,9-11H2,1-2H3,(H2,32,33,37)/t13-,21+/m1/s1. The van der Waals surface area contributed by atoms with Gasteiger partial charge in [0.05, 0.1) is 53.4 Å². The predicted octanol–water partition coefficient (Wildman–Crippen LogP) is 2.32. The smallest absolute Gasteiger partial charge is 0.423 e. The Morgan fingerprint density at radius 2 is 1.95 bits per heavy atom. The van der Waals surface area contributed by atoms with Crippen LogP contribution in [0.25, 0.3) is 0 Å². The van der Waals surface area contributed by atoms with Gasteiger partial charge < -0.3 is 24.6 Å². The molecule has 2 aromatic heterocycles. The number of halogens is 6. The summed E-state index contributed by atoms with van der Waals surface area (Å²) in [4.78, 5) is 31.9. The molecular weight excluding hydrogens is 566 g/mol. The molecule has 0 aromatic carbocycles. The summed E-state index contributed by atoms with van der Waals surface area (Å²) < 4.78 is 90.7. The van der Waals surface area contributed by atoms with Crippen LogP contribution >= 0.6 is 0 Å². The van der Waals surface area contributed by atoms with Crippen LogP contribution in [-0.2, 0) is 21.9 Å². The molecule has 0 unspecified atom stereocenters.